The Hall–Kier alpha value is -1.51. The van der Waals surface area contributed by atoms with Crippen LogP contribution in [0.3, 0.4) is 0 Å². The fraction of sp³-hybridized carbons (Fsp3) is 0.750. The number of aliphatic hydroxyl groups is 1. The van der Waals surface area contributed by atoms with E-state index >= 15 is 0 Å². The Labute approximate surface area is 117 Å². The fourth-order valence-corrected chi connectivity index (χ4v) is 2.17. The molecule has 2 atom stereocenters. The first kappa shape index (κ1) is 14.9. The van der Waals surface area contributed by atoms with Crippen molar-refractivity contribution in [1.82, 2.24) is 20.4 Å². The van der Waals surface area contributed by atoms with Crippen molar-refractivity contribution in [2.75, 3.05) is 33.9 Å². The second-order valence-electron chi connectivity index (χ2n) is 4.90. The minimum atomic E-state index is -0.739. The predicted molar refractivity (Wildman–Crippen MR) is 69.1 cm³/mol. The van der Waals surface area contributed by atoms with Gasteiger partial charge >= 0.3 is 0 Å². The van der Waals surface area contributed by atoms with Crippen molar-refractivity contribution in [2.45, 2.75) is 25.0 Å². The molecule has 2 heterocycles. The number of ether oxygens (including phenoxy) is 1. The van der Waals surface area contributed by atoms with E-state index in [4.69, 9.17) is 9.26 Å². The number of aromatic nitrogens is 2. The molecule has 8 nitrogen and oxygen atoms in total. The van der Waals surface area contributed by atoms with Gasteiger partial charge in [0.2, 0.25) is 5.89 Å². The number of rotatable bonds is 6. The van der Waals surface area contributed by atoms with E-state index in [9.17, 15) is 9.90 Å². The topological polar surface area (TPSA) is 101 Å². The molecule has 1 fully saturated rings. The number of methoxy groups -OCH3 is 1. The zero-order chi connectivity index (χ0) is 14.5. The highest BCUT2D eigenvalue weighted by atomic mass is 16.5. The van der Waals surface area contributed by atoms with Crippen LogP contribution in [0.25, 0.3) is 0 Å². The van der Waals surface area contributed by atoms with Crippen LogP contribution in [0.2, 0.25) is 0 Å². The standard InChI is InChI=1S/C12H20N4O4/c1-16(6-8(17)7-19-2)12(18)10-14-11(20-15-10)9-4-3-5-13-9/h8-9,13,17H,3-7H2,1-2H3. The highest BCUT2D eigenvalue weighted by molar-refractivity contribution is 5.90. The van der Waals surface area contributed by atoms with E-state index < -0.39 is 6.10 Å². The number of aliphatic hydroxyl groups excluding tert-OH is 1. The van der Waals surface area contributed by atoms with Crippen molar-refractivity contribution in [2.24, 2.45) is 0 Å². The molecular formula is C12H20N4O4. The van der Waals surface area contributed by atoms with Crippen molar-refractivity contribution >= 4 is 5.91 Å². The Bertz CT molecular complexity index is 444. The van der Waals surface area contributed by atoms with Crippen LogP contribution in [-0.2, 0) is 4.74 Å². The molecule has 0 spiro atoms. The first-order valence-corrected chi connectivity index (χ1v) is 6.61. The quantitative estimate of drug-likeness (QED) is 0.731. The van der Waals surface area contributed by atoms with Gasteiger partial charge in [-0.25, -0.2) is 0 Å². The number of carbonyl (C=O) groups is 1. The number of amides is 1. The van der Waals surface area contributed by atoms with Gasteiger partial charge in [-0.3, -0.25) is 4.79 Å². The summed E-state index contributed by atoms with van der Waals surface area (Å²) < 4.78 is 9.93. The Kier molecular flexibility index (Phi) is 5.05. The van der Waals surface area contributed by atoms with Crippen LogP contribution in [0.1, 0.15) is 35.4 Å². The van der Waals surface area contributed by atoms with Crippen LogP contribution in [0.15, 0.2) is 4.52 Å². The molecule has 112 valence electrons. The van der Waals surface area contributed by atoms with Crippen molar-refractivity contribution in [1.29, 1.82) is 0 Å². The second kappa shape index (κ2) is 6.78. The van der Waals surface area contributed by atoms with Gasteiger partial charge in [0.1, 0.15) is 0 Å². The molecular weight excluding hydrogens is 264 g/mol. The Morgan fingerprint density at radius 2 is 2.50 bits per heavy atom. The SMILES string of the molecule is COCC(O)CN(C)C(=O)c1noc(C2CCCN2)n1. The number of hydrogen-bond donors (Lipinski definition) is 2. The van der Waals surface area contributed by atoms with E-state index in [1.54, 1.807) is 7.05 Å². The highest BCUT2D eigenvalue weighted by Gasteiger charge is 2.26. The van der Waals surface area contributed by atoms with E-state index in [2.05, 4.69) is 15.5 Å². The first-order valence-electron chi connectivity index (χ1n) is 6.61. The van der Waals surface area contributed by atoms with Gasteiger partial charge < -0.3 is 24.6 Å². The van der Waals surface area contributed by atoms with E-state index in [0.29, 0.717) is 5.89 Å². The molecule has 20 heavy (non-hydrogen) atoms. The Morgan fingerprint density at radius 1 is 1.70 bits per heavy atom. The lowest BCUT2D eigenvalue weighted by Gasteiger charge is -2.18. The molecule has 2 N–H and O–H groups in total. The highest BCUT2D eigenvalue weighted by Crippen LogP contribution is 2.21. The summed E-state index contributed by atoms with van der Waals surface area (Å²) >= 11 is 0. The molecule has 1 amide bonds. The number of likely N-dealkylation sites (N-methyl/N-ethyl adjacent to an activating group) is 1. The van der Waals surface area contributed by atoms with Crippen LogP contribution >= 0.6 is 0 Å². The third-order valence-corrected chi connectivity index (χ3v) is 3.18. The summed E-state index contributed by atoms with van der Waals surface area (Å²) in [6.07, 6.45) is 1.24. The summed E-state index contributed by atoms with van der Waals surface area (Å²) in [7, 11) is 3.07. The summed E-state index contributed by atoms with van der Waals surface area (Å²) in [5.74, 6) is 0.0747. The maximum absolute atomic E-state index is 12.1. The fourth-order valence-electron chi connectivity index (χ4n) is 2.17. The smallest absolute Gasteiger partial charge is 0.295 e. The summed E-state index contributed by atoms with van der Waals surface area (Å²) in [5.41, 5.74) is 0. The van der Waals surface area contributed by atoms with Gasteiger partial charge in [0.25, 0.3) is 11.7 Å². The molecule has 0 bridgehead atoms. The van der Waals surface area contributed by atoms with Gasteiger partial charge in [0, 0.05) is 20.7 Å². The van der Waals surface area contributed by atoms with Crippen LogP contribution in [0.5, 0.6) is 0 Å². The lowest BCUT2D eigenvalue weighted by Crippen LogP contribution is -2.36. The molecule has 1 aromatic rings. The third-order valence-electron chi connectivity index (χ3n) is 3.18. The zero-order valence-electron chi connectivity index (χ0n) is 11.7. The second-order valence-corrected chi connectivity index (χ2v) is 4.90. The number of nitrogens with zero attached hydrogens (tertiary/aromatic N) is 3. The maximum Gasteiger partial charge on any atom is 0.295 e. The average molecular weight is 284 g/mol. The molecule has 0 saturated carbocycles. The lowest BCUT2D eigenvalue weighted by molar-refractivity contribution is 0.0374. The molecule has 1 aliphatic rings. The van der Waals surface area contributed by atoms with E-state index in [0.717, 1.165) is 19.4 Å². The van der Waals surface area contributed by atoms with Crippen molar-refractivity contribution in [3.8, 4) is 0 Å². The summed E-state index contributed by atoms with van der Waals surface area (Å²) in [6, 6.07) is 0.0356. The number of hydrogen-bond acceptors (Lipinski definition) is 7. The molecule has 1 aromatic heterocycles. The summed E-state index contributed by atoms with van der Waals surface area (Å²) in [5, 5.41) is 16.5. The van der Waals surface area contributed by atoms with Gasteiger partial charge in [0.05, 0.1) is 18.8 Å². The minimum Gasteiger partial charge on any atom is -0.389 e. The van der Waals surface area contributed by atoms with Crippen LogP contribution < -0.4 is 5.32 Å². The first-order chi connectivity index (χ1) is 9.61. The molecule has 2 unspecified atom stereocenters. The zero-order valence-corrected chi connectivity index (χ0v) is 11.7. The van der Waals surface area contributed by atoms with Crippen LogP contribution in [0, 0.1) is 0 Å². The van der Waals surface area contributed by atoms with Crippen LogP contribution in [-0.4, -0.2) is 66.0 Å². The van der Waals surface area contributed by atoms with Gasteiger partial charge in [-0.2, -0.15) is 4.98 Å². The molecule has 0 aromatic carbocycles. The molecule has 0 radical (unpaired) electrons. The average Bonchev–Trinajstić information content (AvgIpc) is 3.08. The van der Waals surface area contributed by atoms with E-state index in [1.165, 1.54) is 12.0 Å². The maximum atomic E-state index is 12.1. The normalized spacial score (nSPS) is 20.1. The monoisotopic (exact) mass is 284 g/mol. The summed E-state index contributed by atoms with van der Waals surface area (Å²) in [6.45, 7) is 1.23. The van der Waals surface area contributed by atoms with Crippen molar-refractivity contribution in [3.63, 3.8) is 0 Å². The van der Waals surface area contributed by atoms with Crippen molar-refractivity contribution < 1.29 is 19.2 Å². The largest absolute Gasteiger partial charge is 0.389 e. The van der Waals surface area contributed by atoms with Gasteiger partial charge in [-0.1, -0.05) is 5.16 Å². The van der Waals surface area contributed by atoms with Gasteiger partial charge in [0.15, 0.2) is 0 Å². The molecule has 8 heteroatoms. The van der Waals surface area contributed by atoms with Crippen molar-refractivity contribution in [3.05, 3.63) is 11.7 Å². The summed E-state index contributed by atoms with van der Waals surface area (Å²) in [4.78, 5) is 17.6. The van der Waals surface area contributed by atoms with Gasteiger partial charge in [-0.15, -0.1) is 0 Å². The van der Waals surface area contributed by atoms with E-state index in [-0.39, 0.29) is 30.9 Å². The van der Waals surface area contributed by atoms with Gasteiger partial charge in [-0.05, 0) is 19.4 Å². The Morgan fingerprint density at radius 3 is 3.15 bits per heavy atom. The predicted octanol–water partition coefficient (Wildman–Crippen LogP) is -0.427. The molecule has 2 rings (SSSR count). The molecule has 1 aliphatic heterocycles. The lowest BCUT2D eigenvalue weighted by atomic mass is 10.2. The van der Waals surface area contributed by atoms with Crippen LogP contribution in [0.4, 0.5) is 0 Å². The number of nitrogens with one attached hydrogen (secondary N) is 1. The minimum absolute atomic E-state index is 0.0146. The molecule has 1 saturated heterocycles. The third kappa shape index (κ3) is 3.53. The molecule has 0 aliphatic carbocycles. The number of carbonyl (C=O) groups excluding carboxylic acids is 1. The van der Waals surface area contributed by atoms with E-state index in [1.807, 2.05) is 0 Å². The Balaban J connectivity index is 1.94.